The average Bonchev–Trinajstić information content (AvgIpc) is 1.97. The topological polar surface area (TPSA) is 42.2 Å². The zero-order valence-corrected chi connectivity index (χ0v) is 7.67. The molecule has 3 heteroatoms. The number of ether oxygens (including phenoxy) is 2. The van der Waals surface area contributed by atoms with Gasteiger partial charge in [0.2, 0.25) is 0 Å². The molecule has 1 aliphatic carbocycles. The molecule has 1 unspecified atom stereocenters. The Morgan fingerprint density at radius 1 is 1.58 bits per heavy atom. The molecule has 0 spiro atoms. The predicted molar refractivity (Wildman–Crippen MR) is 44.4 cm³/mol. The van der Waals surface area contributed by atoms with E-state index in [-0.39, 0.29) is 6.29 Å². The van der Waals surface area contributed by atoms with Crippen molar-refractivity contribution in [2.75, 3.05) is 6.61 Å². The Morgan fingerprint density at radius 3 is 2.58 bits per heavy atom. The van der Waals surface area contributed by atoms with Crippen molar-refractivity contribution in [2.24, 2.45) is 0 Å². The Hall–Kier alpha value is -0.590. The smallest absolute Gasteiger partial charge is 0.157 e. The maximum absolute atomic E-state index is 8.82. The van der Waals surface area contributed by atoms with Gasteiger partial charge in [0.15, 0.2) is 11.9 Å². The van der Waals surface area contributed by atoms with E-state index >= 15 is 0 Å². The van der Waals surface area contributed by atoms with Crippen molar-refractivity contribution in [3.8, 4) is 6.07 Å². The van der Waals surface area contributed by atoms with Crippen LogP contribution in [0.3, 0.4) is 0 Å². The van der Waals surface area contributed by atoms with Gasteiger partial charge in [-0.3, -0.25) is 0 Å². The molecule has 0 bridgehead atoms. The Kier molecular flexibility index (Phi) is 3.07. The first-order valence-corrected chi connectivity index (χ1v) is 4.43. The van der Waals surface area contributed by atoms with Crippen LogP contribution in [-0.4, -0.2) is 18.5 Å². The van der Waals surface area contributed by atoms with Crippen LogP contribution in [0.15, 0.2) is 0 Å². The molecule has 0 heterocycles. The van der Waals surface area contributed by atoms with Crippen LogP contribution in [-0.2, 0) is 9.47 Å². The molecule has 1 fully saturated rings. The van der Waals surface area contributed by atoms with Gasteiger partial charge in [-0.1, -0.05) is 0 Å². The molecule has 12 heavy (non-hydrogen) atoms. The molecule has 1 saturated carbocycles. The lowest BCUT2D eigenvalue weighted by molar-refractivity contribution is -0.202. The third-order valence-corrected chi connectivity index (χ3v) is 2.16. The molecule has 1 aliphatic rings. The fourth-order valence-corrected chi connectivity index (χ4v) is 1.34. The summed E-state index contributed by atoms with van der Waals surface area (Å²) in [6, 6.07) is 2.20. The van der Waals surface area contributed by atoms with Gasteiger partial charge >= 0.3 is 0 Å². The highest BCUT2D eigenvalue weighted by molar-refractivity contribution is 5.07. The average molecular weight is 169 g/mol. The molecule has 0 aromatic carbocycles. The second-order valence-corrected chi connectivity index (χ2v) is 3.10. The fourth-order valence-electron chi connectivity index (χ4n) is 1.34. The molecule has 68 valence electrons. The Labute approximate surface area is 73.3 Å². The molecule has 0 aliphatic heterocycles. The van der Waals surface area contributed by atoms with Gasteiger partial charge in [-0.05, 0) is 33.1 Å². The van der Waals surface area contributed by atoms with Gasteiger partial charge in [-0.2, -0.15) is 5.26 Å². The molecule has 1 rings (SSSR count). The van der Waals surface area contributed by atoms with Gasteiger partial charge < -0.3 is 9.47 Å². The highest BCUT2D eigenvalue weighted by Crippen LogP contribution is 2.35. The fraction of sp³-hybridized carbons (Fsp3) is 0.889. The van der Waals surface area contributed by atoms with Crippen molar-refractivity contribution in [3.63, 3.8) is 0 Å². The lowest BCUT2D eigenvalue weighted by atomic mass is 9.81. The van der Waals surface area contributed by atoms with E-state index < -0.39 is 5.60 Å². The standard InChI is InChI=1S/C9H15NO2/c1-3-11-8(2)12-9(7-10)5-4-6-9/h8H,3-6H2,1-2H3. The molecular weight excluding hydrogens is 154 g/mol. The number of hydrogen-bond donors (Lipinski definition) is 0. The van der Waals surface area contributed by atoms with E-state index in [1.807, 2.05) is 13.8 Å². The summed E-state index contributed by atoms with van der Waals surface area (Å²) in [6.07, 6.45) is 2.53. The second kappa shape index (κ2) is 3.88. The minimum absolute atomic E-state index is 0.255. The van der Waals surface area contributed by atoms with Crippen LogP contribution in [0.25, 0.3) is 0 Å². The Balaban J connectivity index is 2.33. The summed E-state index contributed by atoms with van der Waals surface area (Å²) in [4.78, 5) is 0. The zero-order chi connectivity index (χ0) is 9.03. The molecule has 0 saturated heterocycles. The molecule has 0 N–H and O–H groups in total. The maximum atomic E-state index is 8.82. The van der Waals surface area contributed by atoms with Crippen LogP contribution in [0, 0.1) is 11.3 Å². The van der Waals surface area contributed by atoms with Crippen molar-refractivity contribution in [1.82, 2.24) is 0 Å². The first-order chi connectivity index (χ1) is 5.72. The summed E-state index contributed by atoms with van der Waals surface area (Å²) < 4.78 is 10.7. The summed E-state index contributed by atoms with van der Waals surface area (Å²) in [6.45, 7) is 4.38. The number of nitrogens with zero attached hydrogens (tertiary/aromatic N) is 1. The van der Waals surface area contributed by atoms with Gasteiger partial charge in [0.05, 0.1) is 6.07 Å². The molecule has 0 amide bonds. The summed E-state index contributed by atoms with van der Waals surface area (Å²) in [5, 5.41) is 8.82. The van der Waals surface area contributed by atoms with Gasteiger partial charge in [0, 0.05) is 6.61 Å². The van der Waals surface area contributed by atoms with E-state index in [9.17, 15) is 0 Å². The van der Waals surface area contributed by atoms with Crippen molar-refractivity contribution in [3.05, 3.63) is 0 Å². The summed E-state index contributed by atoms with van der Waals surface area (Å²) >= 11 is 0. The first kappa shape index (κ1) is 9.50. The molecule has 1 atom stereocenters. The van der Waals surface area contributed by atoms with Crippen molar-refractivity contribution < 1.29 is 9.47 Å². The van der Waals surface area contributed by atoms with Crippen molar-refractivity contribution in [1.29, 1.82) is 5.26 Å². The van der Waals surface area contributed by atoms with Crippen LogP contribution in [0.2, 0.25) is 0 Å². The maximum Gasteiger partial charge on any atom is 0.157 e. The quantitative estimate of drug-likeness (QED) is 0.603. The molecule has 3 nitrogen and oxygen atoms in total. The van der Waals surface area contributed by atoms with E-state index in [1.165, 1.54) is 0 Å². The Bertz CT molecular complexity index is 181. The van der Waals surface area contributed by atoms with Crippen molar-refractivity contribution >= 4 is 0 Å². The minimum atomic E-state index is -0.533. The first-order valence-electron chi connectivity index (χ1n) is 4.43. The van der Waals surface area contributed by atoms with Crippen LogP contribution in [0.4, 0.5) is 0 Å². The second-order valence-electron chi connectivity index (χ2n) is 3.10. The normalized spacial score (nSPS) is 22.4. The van der Waals surface area contributed by atoms with Gasteiger partial charge in [0.25, 0.3) is 0 Å². The lowest BCUT2D eigenvalue weighted by Gasteiger charge is -2.36. The number of rotatable bonds is 4. The SMILES string of the molecule is CCOC(C)OC1(C#N)CCC1. The number of hydrogen-bond acceptors (Lipinski definition) is 3. The largest absolute Gasteiger partial charge is 0.353 e. The third kappa shape index (κ3) is 1.96. The predicted octanol–water partition coefficient (Wildman–Crippen LogP) is 1.83. The van der Waals surface area contributed by atoms with E-state index in [0.717, 1.165) is 19.3 Å². The van der Waals surface area contributed by atoms with Gasteiger partial charge in [0.1, 0.15) is 0 Å². The van der Waals surface area contributed by atoms with Crippen molar-refractivity contribution in [2.45, 2.75) is 45.0 Å². The van der Waals surface area contributed by atoms with Crippen LogP contribution in [0.5, 0.6) is 0 Å². The third-order valence-electron chi connectivity index (χ3n) is 2.16. The number of nitriles is 1. The zero-order valence-electron chi connectivity index (χ0n) is 7.67. The summed E-state index contributed by atoms with van der Waals surface area (Å²) in [5.41, 5.74) is -0.533. The molecule has 0 aromatic rings. The van der Waals surface area contributed by atoms with Gasteiger partial charge in [-0.15, -0.1) is 0 Å². The summed E-state index contributed by atoms with van der Waals surface area (Å²) in [5.74, 6) is 0. The molecule has 0 radical (unpaired) electrons. The van der Waals surface area contributed by atoms with Crippen LogP contribution in [0.1, 0.15) is 33.1 Å². The van der Waals surface area contributed by atoms with E-state index in [2.05, 4.69) is 6.07 Å². The van der Waals surface area contributed by atoms with Crippen LogP contribution >= 0.6 is 0 Å². The highest BCUT2D eigenvalue weighted by atomic mass is 16.7. The van der Waals surface area contributed by atoms with Crippen LogP contribution < -0.4 is 0 Å². The molecular formula is C9H15NO2. The summed E-state index contributed by atoms with van der Waals surface area (Å²) in [7, 11) is 0. The highest BCUT2D eigenvalue weighted by Gasteiger charge is 2.39. The van der Waals surface area contributed by atoms with E-state index in [4.69, 9.17) is 14.7 Å². The van der Waals surface area contributed by atoms with Gasteiger partial charge in [-0.25, -0.2) is 0 Å². The molecule has 0 aromatic heterocycles. The monoisotopic (exact) mass is 169 g/mol. The lowest BCUT2D eigenvalue weighted by Crippen LogP contribution is -2.41. The minimum Gasteiger partial charge on any atom is -0.353 e. The van der Waals surface area contributed by atoms with E-state index in [0.29, 0.717) is 6.61 Å². The Morgan fingerprint density at radius 2 is 2.25 bits per heavy atom. The van der Waals surface area contributed by atoms with E-state index in [1.54, 1.807) is 0 Å².